The van der Waals surface area contributed by atoms with Crippen LogP contribution in [0.15, 0.2) is 71.9 Å². The summed E-state index contributed by atoms with van der Waals surface area (Å²) in [6.45, 7) is 0. The van der Waals surface area contributed by atoms with Crippen LogP contribution in [0.2, 0.25) is 0 Å². The molecule has 0 saturated heterocycles. The van der Waals surface area contributed by atoms with Gasteiger partial charge in [0, 0.05) is 24.7 Å². The van der Waals surface area contributed by atoms with Gasteiger partial charge in [-0.2, -0.15) is 0 Å². The van der Waals surface area contributed by atoms with Gasteiger partial charge in [-0.15, -0.1) is 0 Å². The van der Waals surface area contributed by atoms with Crippen molar-refractivity contribution < 1.29 is 9.21 Å². The molecule has 1 amide bonds. The van der Waals surface area contributed by atoms with Crippen LogP contribution < -0.4 is 5.32 Å². The normalized spacial score (nSPS) is 10.5. The smallest absolute Gasteiger partial charge is 0.264 e. The zero-order valence-electron chi connectivity index (χ0n) is 14.1. The van der Waals surface area contributed by atoms with Crippen LogP contribution in [-0.2, 0) is 11.2 Å². The van der Waals surface area contributed by atoms with E-state index in [9.17, 15) is 4.79 Å². The summed E-state index contributed by atoms with van der Waals surface area (Å²) in [7, 11) is 0. The van der Waals surface area contributed by atoms with Crippen LogP contribution >= 0.6 is 0 Å². The quantitative estimate of drug-likeness (QED) is 0.584. The van der Waals surface area contributed by atoms with Crippen molar-refractivity contribution in [3.8, 4) is 23.1 Å². The fraction of sp³-hybridized carbons (Fsp3) is 0.0526. The predicted molar refractivity (Wildman–Crippen MR) is 97.3 cm³/mol. The Morgan fingerprint density at radius 3 is 2.70 bits per heavy atom. The van der Waals surface area contributed by atoms with Gasteiger partial charge in [-0.25, -0.2) is 15.0 Å². The Morgan fingerprint density at radius 2 is 1.96 bits per heavy atom. The van der Waals surface area contributed by atoms with Crippen molar-refractivity contribution in [2.24, 2.45) is 0 Å². The standard InChI is InChI=1S/C19H14N6O2/c26-17(10-13-4-3-6-20-12-13)24-16-11-15(14-5-1-2-7-21-14)23-18(25-16)19-22-8-9-27-19/h1-9,11-12H,10H2,(H,23,24,25,26). The molecule has 0 aliphatic carbocycles. The van der Waals surface area contributed by atoms with Crippen molar-refractivity contribution in [3.05, 3.63) is 73.0 Å². The van der Waals surface area contributed by atoms with Gasteiger partial charge in [0.1, 0.15) is 12.1 Å². The van der Waals surface area contributed by atoms with Crippen LogP contribution in [0.1, 0.15) is 5.56 Å². The molecule has 0 unspecified atom stereocenters. The molecule has 0 fully saturated rings. The van der Waals surface area contributed by atoms with Gasteiger partial charge >= 0.3 is 0 Å². The number of pyridine rings is 2. The lowest BCUT2D eigenvalue weighted by atomic mass is 10.2. The maximum absolute atomic E-state index is 12.4. The topological polar surface area (TPSA) is 107 Å². The number of carbonyl (C=O) groups is 1. The summed E-state index contributed by atoms with van der Waals surface area (Å²) in [5.74, 6) is 0.648. The lowest BCUT2D eigenvalue weighted by Crippen LogP contribution is -2.16. The monoisotopic (exact) mass is 358 g/mol. The van der Waals surface area contributed by atoms with E-state index < -0.39 is 0 Å². The van der Waals surface area contributed by atoms with Crippen LogP contribution in [0.4, 0.5) is 5.82 Å². The van der Waals surface area contributed by atoms with E-state index in [4.69, 9.17) is 4.42 Å². The number of nitrogens with one attached hydrogen (secondary N) is 1. The van der Waals surface area contributed by atoms with Gasteiger partial charge in [0.15, 0.2) is 0 Å². The number of amides is 1. The molecule has 4 aromatic heterocycles. The van der Waals surface area contributed by atoms with Gasteiger partial charge in [-0.1, -0.05) is 12.1 Å². The molecule has 4 aromatic rings. The first kappa shape index (κ1) is 16.5. The second-order valence-electron chi connectivity index (χ2n) is 5.60. The largest absolute Gasteiger partial charge is 0.442 e. The minimum absolute atomic E-state index is 0.186. The maximum Gasteiger partial charge on any atom is 0.264 e. The van der Waals surface area contributed by atoms with E-state index in [2.05, 4.69) is 30.2 Å². The third kappa shape index (κ3) is 4.01. The lowest BCUT2D eigenvalue weighted by Gasteiger charge is -2.08. The minimum atomic E-state index is -0.216. The number of rotatable bonds is 5. The molecule has 0 aliphatic rings. The summed E-state index contributed by atoms with van der Waals surface area (Å²) in [6.07, 6.45) is 8.11. The molecule has 132 valence electrons. The Labute approximate surface area is 154 Å². The zero-order chi connectivity index (χ0) is 18.5. The predicted octanol–water partition coefficient (Wildman–Crippen LogP) is 2.77. The molecule has 0 atom stereocenters. The highest BCUT2D eigenvalue weighted by Crippen LogP contribution is 2.22. The molecule has 0 radical (unpaired) electrons. The van der Waals surface area contributed by atoms with Crippen LogP contribution in [0.5, 0.6) is 0 Å². The third-order valence-corrected chi connectivity index (χ3v) is 3.63. The maximum atomic E-state index is 12.4. The van der Waals surface area contributed by atoms with Gasteiger partial charge in [0.25, 0.3) is 5.89 Å². The molecule has 0 spiro atoms. The number of aromatic nitrogens is 5. The summed E-state index contributed by atoms with van der Waals surface area (Å²) < 4.78 is 5.29. The van der Waals surface area contributed by atoms with Crippen LogP contribution in [0, 0.1) is 0 Å². The Hall–Kier alpha value is -3.94. The van der Waals surface area contributed by atoms with E-state index in [1.165, 1.54) is 12.5 Å². The van der Waals surface area contributed by atoms with Crippen molar-refractivity contribution in [3.63, 3.8) is 0 Å². The highest BCUT2D eigenvalue weighted by molar-refractivity contribution is 5.92. The Kier molecular flexibility index (Phi) is 4.60. The number of carbonyl (C=O) groups excluding carboxylic acids is 1. The molecule has 4 rings (SSSR count). The molecule has 0 saturated carbocycles. The van der Waals surface area contributed by atoms with Gasteiger partial charge < -0.3 is 9.73 Å². The van der Waals surface area contributed by atoms with E-state index >= 15 is 0 Å². The van der Waals surface area contributed by atoms with Crippen LogP contribution in [-0.4, -0.2) is 30.8 Å². The Balaban J connectivity index is 1.65. The van der Waals surface area contributed by atoms with Gasteiger partial charge in [-0.3, -0.25) is 14.8 Å². The van der Waals surface area contributed by atoms with Gasteiger partial charge in [0.05, 0.1) is 24.0 Å². The molecule has 8 heteroatoms. The zero-order valence-corrected chi connectivity index (χ0v) is 14.1. The first-order valence-corrected chi connectivity index (χ1v) is 8.17. The van der Waals surface area contributed by atoms with Crippen molar-refractivity contribution in [1.82, 2.24) is 24.9 Å². The number of hydrogen-bond acceptors (Lipinski definition) is 7. The molecule has 27 heavy (non-hydrogen) atoms. The molecule has 0 aromatic carbocycles. The molecule has 8 nitrogen and oxygen atoms in total. The second-order valence-corrected chi connectivity index (χ2v) is 5.60. The molecular weight excluding hydrogens is 344 g/mol. The molecule has 1 N–H and O–H groups in total. The second kappa shape index (κ2) is 7.52. The van der Waals surface area contributed by atoms with Crippen molar-refractivity contribution in [1.29, 1.82) is 0 Å². The highest BCUT2D eigenvalue weighted by atomic mass is 16.3. The SMILES string of the molecule is O=C(Cc1cccnc1)Nc1cc(-c2ccccn2)nc(-c2ncco2)n1. The van der Waals surface area contributed by atoms with Crippen LogP contribution in [0.3, 0.4) is 0 Å². The first-order chi connectivity index (χ1) is 13.3. The van der Waals surface area contributed by atoms with E-state index in [1.54, 1.807) is 30.7 Å². The highest BCUT2D eigenvalue weighted by Gasteiger charge is 2.14. The van der Waals surface area contributed by atoms with Crippen LogP contribution in [0.25, 0.3) is 23.1 Å². The Bertz CT molecular complexity index is 1040. The molecule has 0 aliphatic heterocycles. The summed E-state index contributed by atoms with van der Waals surface area (Å²) in [6, 6.07) is 10.8. The van der Waals surface area contributed by atoms with Gasteiger partial charge in [-0.05, 0) is 23.8 Å². The summed E-state index contributed by atoms with van der Waals surface area (Å²) in [5.41, 5.74) is 2.01. The number of hydrogen-bond donors (Lipinski definition) is 1. The summed E-state index contributed by atoms with van der Waals surface area (Å²) in [5, 5.41) is 2.79. The minimum Gasteiger partial charge on any atom is -0.442 e. The third-order valence-electron chi connectivity index (χ3n) is 3.63. The molecular formula is C19H14N6O2. The molecule has 0 bridgehead atoms. The fourth-order valence-corrected chi connectivity index (χ4v) is 2.46. The fourth-order valence-electron chi connectivity index (χ4n) is 2.46. The van der Waals surface area contributed by atoms with E-state index in [1.807, 2.05) is 24.3 Å². The van der Waals surface area contributed by atoms with E-state index in [0.717, 1.165) is 5.56 Å². The lowest BCUT2D eigenvalue weighted by molar-refractivity contribution is -0.115. The number of nitrogens with zero attached hydrogens (tertiary/aromatic N) is 5. The van der Waals surface area contributed by atoms with E-state index in [0.29, 0.717) is 17.2 Å². The summed E-state index contributed by atoms with van der Waals surface area (Å²) in [4.78, 5) is 33.5. The van der Waals surface area contributed by atoms with Crippen molar-refractivity contribution in [2.45, 2.75) is 6.42 Å². The first-order valence-electron chi connectivity index (χ1n) is 8.17. The average molecular weight is 358 g/mol. The van der Waals surface area contributed by atoms with Gasteiger partial charge in [0.2, 0.25) is 11.7 Å². The number of anilines is 1. The Morgan fingerprint density at radius 1 is 1.00 bits per heavy atom. The average Bonchev–Trinajstić information content (AvgIpc) is 3.24. The van der Waals surface area contributed by atoms with E-state index in [-0.39, 0.29) is 24.0 Å². The van der Waals surface area contributed by atoms with Crippen molar-refractivity contribution in [2.75, 3.05) is 5.32 Å². The summed E-state index contributed by atoms with van der Waals surface area (Å²) >= 11 is 0. The van der Waals surface area contributed by atoms with Crippen molar-refractivity contribution >= 4 is 11.7 Å². The number of oxazole rings is 1. The molecule has 4 heterocycles.